The zero-order valence-corrected chi connectivity index (χ0v) is 10.3. The monoisotopic (exact) mass is 249 g/mol. The second-order valence-corrected chi connectivity index (χ2v) is 4.49. The van der Waals surface area contributed by atoms with Crippen LogP contribution >= 0.6 is 22.9 Å². The van der Waals surface area contributed by atoms with Crippen LogP contribution in [0.3, 0.4) is 0 Å². The number of nitrogens with two attached hydrogens (primary N) is 1. The highest BCUT2D eigenvalue weighted by Gasteiger charge is 2.10. The summed E-state index contributed by atoms with van der Waals surface area (Å²) in [5.74, 6) is 0. The van der Waals surface area contributed by atoms with E-state index in [1.54, 1.807) is 18.4 Å². The fraction of sp³-hybridized carbons (Fsp3) is 0.600. The van der Waals surface area contributed by atoms with E-state index in [9.17, 15) is 0 Å². The molecule has 1 unspecified atom stereocenters. The Morgan fingerprint density at radius 2 is 2.27 bits per heavy atom. The summed E-state index contributed by atoms with van der Waals surface area (Å²) < 4.78 is 10.2. The molecule has 15 heavy (non-hydrogen) atoms. The van der Waals surface area contributed by atoms with Crippen LogP contribution in [0.25, 0.3) is 0 Å². The highest BCUT2D eigenvalue weighted by molar-refractivity contribution is 7.10. The van der Waals surface area contributed by atoms with Crippen LogP contribution in [-0.2, 0) is 9.47 Å². The van der Waals surface area contributed by atoms with E-state index in [2.05, 4.69) is 0 Å². The Balaban J connectivity index is 2.19. The molecule has 0 amide bonds. The zero-order chi connectivity index (χ0) is 11.1. The first-order chi connectivity index (χ1) is 7.25. The molecule has 0 aromatic carbocycles. The van der Waals surface area contributed by atoms with E-state index in [0.29, 0.717) is 19.8 Å². The third-order valence-electron chi connectivity index (χ3n) is 1.99. The van der Waals surface area contributed by atoms with Crippen LogP contribution in [0.4, 0.5) is 0 Å². The SMILES string of the molecule is COCCOCCC(N)c1sccc1Cl. The number of thiophene rings is 1. The van der Waals surface area contributed by atoms with Gasteiger partial charge in [0.1, 0.15) is 0 Å². The van der Waals surface area contributed by atoms with Gasteiger partial charge in [0.25, 0.3) is 0 Å². The van der Waals surface area contributed by atoms with Gasteiger partial charge in [0, 0.05) is 24.6 Å². The Hall–Kier alpha value is -0.130. The minimum Gasteiger partial charge on any atom is -0.382 e. The van der Waals surface area contributed by atoms with Crippen LogP contribution in [0.15, 0.2) is 11.4 Å². The largest absolute Gasteiger partial charge is 0.382 e. The van der Waals surface area contributed by atoms with Crippen molar-refractivity contribution in [2.24, 2.45) is 5.73 Å². The third kappa shape index (κ3) is 4.49. The van der Waals surface area contributed by atoms with E-state index in [4.69, 9.17) is 26.8 Å². The predicted molar refractivity (Wildman–Crippen MR) is 63.6 cm³/mol. The Morgan fingerprint density at radius 1 is 1.47 bits per heavy atom. The molecule has 5 heteroatoms. The maximum Gasteiger partial charge on any atom is 0.0700 e. The second kappa shape index (κ2) is 7.19. The minimum absolute atomic E-state index is 0.0277. The average Bonchev–Trinajstić information content (AvgIpc) is 2.64. The normalized spacial score (nSPS) is 13.0. The maximum absolute atomic E-state index is 5.97. The Kier molecular flexibility index (Phi) is 6.20. The lowest BCUT2D eigenvalue weighted by atomic mass is 10.2. The lowest BCUT2D eigenvalue weighted by Gasteiger charge is -2.10. The number of hydrogen-bond acceptors (Lipinski definition) is 4. The summed E-state index contributed by atoms with van der Waals surface area (Å²) in [6, 6.07) is 1.84. The van der Waals surface area contributed by atoms with Gasteiger partial charge in [-0.15, -0.1) is 11.3 Å². The first-order valence-corrected chi connectivity index (χ1v) is 6.06. The van der Waals surface area contributed by atoms with Gasteiger partial charge >= 0.3 is 0 Å². The predicted octanol–water partition coefficient (Wildman–Crippen LogP) is 2.45. The Morgan fingerprint density at radius 3 is 2.87 bits per heavy atom. The van der Waals surface area contributed by atoms with Crippen molar-refractivity contribution >= 4 is 22.9 Å². The van der Waals surface area contributed by atoms with Crippen molar-refractivity contribution in [3.8, 4) is 0 Å². The lowest BCUT2D eigenvalue weighted by Crippen LogP contribution is -2.13. The summed E-state index contributed by atoms with van der Waals surface area (Å²) in [6.07, 6.45) is 0.782. The molecule has 0 aliphatic carbocycles. The molecule has 1 atom stereocenters. The molecule has 2 N–H and O–H groups in total. The van der Waals surface area contributed by atoms with Crippen molar-refractivity contribution in [2.45, 2.75) is 12.5 Å². The summed E-state index contributed by atoms with van der Waals surface area (Å²) in [7, 11) is 1.65. The van der Waals surface area contributed by atoms with E-state index < -0.39 is 0 Å². The summed E-state index contributed by atoms with van der Waals surface area (Å²) in [5, 5.41) is 2.70. The first kappa shape index (κ1) is 12.9. The molecule has 3 nitrogen and oxygen atoms in total. The van der Waals surface area contributed by atoms with Gasteiger partial charge in [-0.25, -0.2) is 0 Å². The third-order valence-corrected chi connectivity index (χ3v) is 3.48. The fourth-order valence-corrected chi connectivity index (χ4v) is 2.39. The zero-order valence-electron chi connectivity index (χ0n) is 8.74. The summed E-state index contributed by atoms with van der Waals surface area (Å²) in [4.78, 5) is 1.03. The molecule has 0 aliphatic heterocycles. The highest BCUT2D eigenvalue weighted by atomic mass is 35.5. The Labute approximate surface area is 99.1 Å². The van der Waals surface area contributed by atoms with Crippen molar-refractivity contribution in [2.75, 3.05) is 26.9 Å². The van der Waals surface area contributed by atoms with Crippen LogP contribution in [0.5, 0.6) is 0 Å². The highest BCUT2D eigenvalue weighted by Crippen LogP contribution is 2.28. The molecule has 0 bridgehead atoms. The number of methoxy groups -OCH3 is 1. The average molecular weight is 250 g/mol. The standard InChI is InChI=1S/C10H16ClNO2S/c1-13-5-6-14-4-2-9(12)10-8(11)3-7-15-10/h3,7,9H,2,4-6,12H2,1H3. The molecule has 0 spiro atoms. The number of halogens is 1. The van der Waals surface area contributed by atoms with Gasteiger partial charge in [0.05, 0.1) is 18.2 Å². The van der Waals surface area contributed by atoms with Crippen LogP contribution in [0.1, 0.15) is 17.3 Å². The number of rotatable bonds is 7. The Bertz CT molecular complexity index is 280. The van der Waals surface area contributed by atoms with E-state index in [1.807, 2.05) is 11.4 Å². The molecule has 0 radical (unpaired) electrons. The minimum atomic E-state index is -0.0277. The molecular formula is C10H16ClNO2S. The van der Waals surface area contributed by atoms with Gasteiger partial charge in [0.2, 0.25) is 0 Å². The summed E-state index contributed by atoms with van der Waals surface area (Å²) >= 11 is 7.56. The summed E-state index contributed by atoms with van der Waals surface area (Å²) in [5.41, 5.74) is 5.97. The van der Waals surface area contributed by atoms with Crippen LogP contribution in [-0.4, -0.2) is 26.9 Å². The van der Waals surface area contributed by atoms with Gasteiger partial charge < -0.3 is 15.2 Å². The molecular weight excluding hydrogens is 234 g/mol. The van der Waals surface area contributed by atoms with Gasteiger partial charge in [-0.05, 0) is 17.9 Å². The molecule has 1 aromatic rings. The number of hydrogen-bond donors (Lipinski definition) is 1. The fourth-order valence-electron chi connectivity index (χ4n) is 1.16. The molecule has 0 fully saturated rings. The van der Waals surface area contributed by atoms with E-state index in [1.165, 1.54) is 0 Å². The van der Waals surface area contributed by atoms with Gasteiger partial charge in [-0.2, -0.15) is 0 Å². The van der Waals surface area contributed by atoms with Gasteiger partial charge in [-0.1, -0.05) is 11.6 Å². The van der Waals surface area contributed by atoms with Crippen molar-refractivity contribution in [3.05, 3.63) is 21.3 Å². The van der Waals surface area contributed by atoms with Crippen LogP contribution < -0.4 is 5.73 Å². The van der Waals surface area contributed by atoms with Gasteiger partial charge in [0.15, 0.2) is 0 Å². The molecule has 1 heterocycles. The second-order valence-electron chi connectivity index (χ2n) is 3.13. The quantitative estimate of drug-likeness (QED) is 0.755. The van der Waals surface area contributed by atoms with E-state index >= 15 is 0 Å². The topological polar surface area (TPSA) is 44.5 Å². The molecule has 0 saturated heterocycles. The molecule has 0 aliphatic rings. The van der Waals surface area contributed by atoms with E-state index in [0.717, 1.165) is 16.3 Å². The maximum atomic E-state index is 5.97. The molecule has 86 valence electrons. The lowest BCUT2D eigenvalue weighted by molar-refractivity contribution is 0.0673. The summed E-state index contributed by atoms with van der Waals surface area (Å²) in [6.45, 7) is 1.87. The van der Waals surface area contributed by atoms with Gasteiger partial charge in [-0.3, -0.25) is 0 Å². The van der Waals surface area contributed by atoms with Crippen LogP contribution in [0.2, 0.25) is 5.02 Å². The number of ether oxygens (including phenoxy) is 2. The molecule has 1 rings (SSSR count). The van der Waals surface area contributed by atoms with Crippen molar-refractivity contribution in [3.63, 3.8) is 0 Å². The first-order valence-electron chi connectivity index (χ1n) is 4.81. The molecule has 1 aromatic heterocycles. The van der Waals surface area contributed by atoms with Crippen molar-refractivity contribution < 1.29 is 9.47 Å². The van der Waals surface area contributed by atoms with Crippen molar-refractivity contribution in [1.29, 1.82) is 0 Å². The van der Waals surface area contributed by atoms with Crippen LogP contribution in [0, 0.1) is 0 Å². The van der Waals surface area contributed by atoms with Crippen molar-refractivity contribution in [1.82, 2.24) is 0 Å². The molecule has 0 saturated carbocycles. The smallest absolute Gasteiger partial charge is 0.0700 e. The van der Waals surface area contributed by atoms with E-state index in [-0.39, 0.29) is 6.04 Å².